The molecule has 0 fully saturated rings. The summed E-state index contributed by atoms with van der Waals surface area (Å²) in [5.41, 5.74) is 6.01. The van der Waals surface area contributed by atoms with Crippen LogP contribution in [0.3, 0.4) is 0 Å². The molecule has 0 bridgehead atoms. The van der Waals surface area contributed by atoms with Gasteiger partial charge in [0.2, 0.25) is 5.91 Å². The van der Waals surface area contributed by atoms with Crippen molar-refractivity contribution in [2.75, 3.05) is 6.54 Å². The maximum absolute atomic E-state index is 12.9. The van der Waals surface area contributed by atoms with Gasteiger partial charge in [0, 0.05) is 0 Å². The van der Waals surface area contributed by atoms with Crippen LogP contribution in [0.4, 0.5) is 4.39 Å². The summed E-state index contributed by atoms with van der Waals surface area (Å²) in [6.07, 6.45) is 0. The minimum Gasteiger partial charge on any atom is -0.348 e. The van der Waals surface area contributed by atoms with Gasteiger partial charge in [0.1, 0.15) is 5.82 Å². The van der Waals surface area contributed by atoms with Crippen molar-refractivity contribution in [3.05, 3.63) is 35.6 Å². The molecule has 5 heteroatoms. The summed E-state index contributed by atoms with van der Waals surface area (Å²) in [7, 11) is 0. The summed E-state index contributed by atoms with van der Waals surface area (Å²) in [4.78, 5) is 11.4. The Morgan fingerprint density at radius 2 is 1.83 bits per heavy atom. The molecule has 0 spiro atoms. The Balaban J connectivity index is 0.00000289. The molecule has 0 saturated heterocycles. The Bertz CT molecular complexity index is 387. The lowest BCUT2D eigenvalue weighted by molar-refractivity contribution is -0.121. The van der Waals surface area contributed by atoms with Gasteiger partial charge in [-0.25, -0.2) is 4.39 Å². The first-order chi connectivity index (χ1) is 7.84. The Morgan fingerprint density at radius 1 is 1.33 bits per heavy atom. The van der Waals surface area contributed by atoms with Gasteiger partial charge in [-0.2, -0.15) is 0 Å². The highest BCUT2D eigenvalue weighted by molar-refractivity contribution is 5.85. The fraction of sp³-hybridized carbons (Fsp3) is 0.462. The molecule has 102 valence electrons. The predicted molar refractivity (Wildman–Crippen MR) is 73.0 cm³/mol. The lowest BCUT2D eigenvalue weighted by Crippen LogP contribution is -2.39. The van der Waals surface area contributed by atoms with Crippen molar-refractivity contribution in [1.29, 1.82) is 0 Å². The van der Waals surface area contributed by atoms with Crippen molar-refractivity contribution >= 4 is 18.3 Å². The van der Waals surface area contributed by atoms with Crippen LogP contribution in [0.2, 0.25) is 0 Å². The molecule has 0 aromatic heterocycles. The number of amides is 1. The molecular weight excluding hydrogens is 255 g/mol. The summed E-state index contributed by atoms with van der Waals surface area (Å²) in [5.74, 6) is -0.499. The molecule has 1 atom stereocenters. The number of halogens is 2. The highest BCUT2D eigenvalue weighted by atomic mass is 35.5. The summed E-state index contributed by atoms with van der Waals surface area (Å²) in [6.45, 7) is 5.99. The molecule has 0 radical (unpaired) electrons. The lowest BCUT2D eigenvalue weighted by Gasteiger charge is -2.31. The van der Waals surface area contributed by atoms with Gasteiger partial charge in [-0.05, 0) is 23.1 Å². The van der Waals surface area contributed by atoms with Crippen LogP contribution < -0.4 is 11.1 Å². The molecule has 1 amide bonds. The van der Waals surface area contributed by atoms with Crippen LogP contribution in [0.15, 0.2) is 24.3 Å². The number of carbonyl (C=O) groups excluding carboxylic acids is 1. The van der Waals surface area contributed by atoms with E-state index in [9.17, 15) is 9.18 Å². The Hall–Kier alpha value is -1.13. The molecule has 0 aliphatic heterocycles. The number of hydrogen-bond acceptors (Lipinski definition) is 2. The van der Waals surface area contributed by atoms with Gasteiger partial charge in [0.25, 0.3) is 0 Å². The summed E-state index contributed by atoms with van der Waals surface area (Å²) in [5, 5.41) is 2.86. The minimum atomic E-state index is -0.286. The fourth-order valence-electron chi connectivity index (χ4n) is 1.67. The molecule has 3 N–H and O–H groups in total. The second kappa shape index (κ2) is 6.71. The fourth-order valence-corrected chi connectivity index (χ4v) is 1.67. The highest BCUT2D eigenvalue weighted by Crippen LogP contribution is 2.32. The minimum absolute atomic E-state index is 0. The van der Waals surface area contributed by atoms with Crippen LogP contribution >= 0.6 is 12.4 Å². The summed E-state index contributed by atoms with van der Waals surface area (Å²) < 4.78 is 12.9. The topological polar surface area (TPSA) is 55.1 Å². The average Bonchev–Trinajstić information content (AvgIpc) is 2.25. The molecule has 1 aromatic rings. The van der Waals surface area contributed by atoms with Crippen LogP contribution in [0.1, 0.15) is 32.4 Å². The molecule has 18 heavy (non-hydrogen) atoms. The van der Waals surface area contributed by atoms with Crippen LogP contribution in [0.5, 0.6) is 0 Å². The normalized spacial score (nSPS) is 12.5. The monoisotopic (exact) mass is 274 g/mol. The molecule has 0 saturated carbocycles. The first-order valence-electron chi connectivity index (χ1n) is 5.59. The van der Waals surface area contributed by atoms with Crippen molar-refractivity contribution in [3.63, 3.8) is 0 Å². The summed E-state index contributed by atoms with van der Waals surface area (Å²) in [6, 6.07) is 5.97. The third-order valence-corrected chi connectivity index (χ3v) is 2.56. The predicted octanol–water partition coefficient (Wildman–Crippen LogP) is 2.41. The van der Waals surface area contributed by atoms with Gasteiger partial charge in [-0.15, -0.1) is 12.4 Å². The third-order valence-electron chi connectivity index (χ3n) is 2.56. The first-order valence-corrected chi connectivity index (χ1v) is 5.59. The van der Waals surface area contributed by atoms with Crippen molar-refractivity contribution in [3.8, 4) is 0 Å². The van der Waals surface area contributed by atoms with E-state index in [1.54, 1.807) is 12.1 Å². The zero-order chi connectivity index (χ0) is 13.1. The van der Waals surface area contributed by atoms with Gasteiger partial charge < -0.3 is 11.1 Å². The number of nitrogens with two attached hydrogens (primary N) is 1. The highest BCUT2D eigenvalue weighted by Gasteiger charge is 2.27. The van der Waals surface area contributed by atoms with Crippen molar-refractivity contribution < 1.29 is 9.18 Å². The van der Waals surface area contributed by atoms with Crippen LogP contribution in [-0.2, 0) is 4.79 Å². The van der Waals surface area contributed by atoms with Crippen LogP contribution in [0.25, 0.3) is 0 Å². The molecule has 1 unspecified atom stereocenters. The van der Waals surface area contributed by atoms with Gasteiger partial charge in [0.15, 0.2) is 0 Å². The number of nitrogens with one attached hydrogen (secondary N) is 1. The number of carbonyl (C=O) groups is 1. The molecule has 1 rings (SSSR count). The van der Waals surface area contributed by atoms with E-state index in [-0.39, 0.29) is 42.1 Å². The second-order valence-electron chi connectivity index (χ2n) is 5.12. The van der Waals surface area contributed by atoms with E-state index in [0.29, 0.717) is 0 Å². The van der Waals surface area contributed by atoms with Crippen molar-refractivity contribution in [2.24, 2.45) is 11.1 Å². The second-order valence-corrected chi connectivity index (χ2v) is 5.12. The lowest BCUT2D eigenvalue weighted by atomic mass is 9.82. The van der Waals surface area contributed by atoms with E-state index >= 15 is 0 Å². The van der Waals surface area contributed by atoms with Crippen molar-refractivity contribution in [1.82, 2.24) is 5.32 Å². The Labute approximate surface area is 113 Å². The molecule has 0 heterocycles. The molecule has 3 nitrogen and oxygen atoms in total. The van der Waals surface area contributed by atoms with E-state index in [2.05, 4.69) is 5.32 Å². The van der Waals surface area contributed by atoms with Gasteiger partial charge in [-0.1, -0.05) is 32.9 Å². The molecule has 0 aliphatic carbocycles. The number of rotatable bonds is 3. The Kier molecular flexibility index (Phi) is 6.29. The molecule has 1 aromatic carbocycles. The van der Waals surface area contributed by atoms with Crippen LogP contribution in [0, 0.1) is 11.2 Å². The third kappa shape index (κ3) is 4.63. The zero-order valence-electron chi connectivity index (χ0n) is 10.9. The Morgan fingerprint density at radius 3 is 2.22 bits per heavy atom. The van der Waals surface area contributed by atoms with E-state index in [0.717, 1.165) is 5.56 Å². The van der Waals surface area contributed by atoms with Crippen molar-refractivity contribution in [2.45, 2.75) is 26.8 Å². The summed E-state index contributed by atoms with van der Waals surface area (Å²) >= 11 is 0. The maximum atomic E-state index is 12.9. The first kappa shape index (κ1) is 16.9. The standard InChI is InChI=1S/C13H19FN2O.ClH/c1-13(2,3)12(16-11(17)8-15)9-4-6-10(14)7-5-9;/h4-7,12H,8,15H2,1-3H3,(H,16,17);1H. The van der Waals surface area contributed by atoms with E-state index in [4.69, 9.17) is 5.73 Å². The molecule has 0 aliphatic rings. The van der Waals surface area contributed by atoms with Gasteiger partial charge in [0.05, 0.1) is 12.6 Å². The molecular formula is C13H20ClFN2O. The average molecular weight is 275 g/mol. The number of benzene rings is 1. The zero-order valence-corrected chi connectivity index (χ0v) is 11.7. The van der Waals surface area contributed by atoms with Gasteiger partial charge >= 0.3 is 0 Å². The largest absolute Gasteiger partial charge is 0.348 e. The quantitative estimate of drug-likeness (QED) is 0.889. The van der Waals surface area contributed by atoms with E-state index in [1.807, 2.05) is 20.8 Å². The van der Waals surface area contributed by atoms with E-state index < -0.39 is 0 Å². The van der Waals surface area contributed by atoms with Gasteiger partial charge in [-0.3, -0.25) is 4.79 Å². The van der Waals surface area contributed by atoms with Crippen LogP contribution in [-0.4, -0.2) is 12.5 Å². The van der Waals surface area contributed by atoms with E-state index in [1.165, 1.54) is 12.1 Å². The smallest absolute Gasteiger partial charge is 0.234 e. The maximum Gasteiger partial charge on any atom is 0.234 e. The SMILES string of the molecule is CC(C)(C)C(NC(=O)CN)c1ccc(F)cc1.Cl. The number of hydrogen-bond donors (Lipinski definition) is 2.